The van der Waals surface area contributed by atoms with Gasteiger partial charge < -0.3 is 20.6 Å². The molecule has 3 amide bonds. The molecule has 0 aromatic carbocycles. The molecule has 8 heteroatoms. The molecule has 0 saturated carbocycles. The highest BCUT2D eigenvalue weighted by Gasteiger charge is 2.22. The minimum atomic E-state index is -1.07. The highest BCUT2D eigenvalue weighted by Crippen LogP contribution is 2.01. The van der Waals surface area contributed by atoms with Crippen LogP contribution in [0.15, 0.2) is 0 Å². The Morgan fingerprint density at radius 3 is 2.38 bits per heavy atom. The van der Waals surface area contributed by atoms with Gasteiger partial charge in [-0.1, -0.05) is 13.8 Å². The zero-order valence-electron chi connectivity index (χ0n) is 13.0. The molecule has 0 aliphatic heterocycles. The lowest BCUT2D eigenvalue weighted by atomic mass is 10.2. The maximum atomic E-state index is 11.9. The van der Waals surface area contributed by atoms with E-state index in [1.807, 2.05) is 20.1 Å². The van der Waals surface area contributed by atoms with Crippen LogP contribution in [0.2, 0.25) is 0 Å². The number of likely N-dealkylation sites (N-methyl/N-ethyl adjacent to an activating group) is 1. The lowest BCUT2D eigenvalue weighted by Crippen LogP contribution is -2.49. The smallest absolute Gasteiger partial charge is 0.326 e. The largest absolute Gasteiger partial charge is 0.480 e. The number of urea groups is 1. The first-order chi connectivity index (χ1) is 9.77. The van der Waals surface area contributed by atoms with E-state index < -0.39 is 18.0 Å². The second-order valence-electron chi connectivity index (χ2n) is 5.18. The predicted molar refractivity (Wildman–Crippen MR) is 83.4 cm³/mol. The summed E-state index contributed by atoms with van der Waals surface area (Å²) in [6, 6.07) is -1.51. The van der Waals surface area contributed by atoms with E-state index >= 15 is 0 Å². The molecule has 0 aromatic rings. The molecule has 0 aliphatic carbocycles. The number of nitrogens with zero attached hydrogens (tertiary/aromatic N) is 1. The van der Waals surface area contributed by atoms with Crippen LogP contribution in [-0.4, -0.2) is 66.1 Å². The maximum absolute atomic E-state index is 11.9. The first-order valence-electron chi connectivity index (χ1n) is 6.78. The molecule has 0 aromatic heterocycles. The Morgan fingerprint density at radius 2 is 1.90 bits per heavy atom. The van der Waals surface area contributed by atoms with Crippen molar-refractivity contribution in [3.05, 3.63) is 0 Å². The summed E-state index contributed by atoms with van der Waals surface area (Å²) in [4.78, 5) is 35.7. The van der Waals surface area contributed by atoms with Gasteiger partial charge in [0.2, 0.25) is 5.91 Å². The number of rotatable bonds is 9. The third-order valence-electron chi connectivity index (χ3n) is 2.64. The molecular formula is C13H25N3O4S. The Labute approximate surface area is 129 Å². The molecular weight excluding hydrogens is 294 g/mol. The molecule has 1 atom stereocenters. The Morgan fingerprint density at radius 1 is 1.29 bits per heavy atom. The van der Waals surface area contributed by atoms with Crippen LogP contribution in [0.3, 0.4) is 0 Å². The maximum Gasteiger partial charge on any atom is 0.326 e. The van der Waals surface area contributed by atoms with Crippen LogP contribution in [-0.2, 0) is 9.59 Å². The van der Waals surface area contributed by atoms with Gasteiger partial charge >= 0.3 is 12.0 Å². The van der Waals surface area contributed by atoms with Crippen molar-refractivity contribution in [3.8, 4) is 0 Å². The quantitative estimate of drug-likeness (QED) is 0.578. The lowest BCUT2D eigenvalue weighted by Gasteiger charge is -2.21. The third-order valence-corrected chi connectivity index (χ3v) is 3.29. The zero-order chi connectivity index (χ0) is 16.4. The fourth-order valence-electron chi connectivity index (χ4n) is 1.41. The number of hydrogen-bond donors (Lipinski definition) is 3. The van der Waals surface area contributed by atoms with Crippen LogP contribution < -0.4 is 10.6 Å². The number of amides is 3. The van der Waals surface area contributed by atoms with E-state index in [-0.39, 0.29) is 12.5 Å². The summed E-state index contributed by atoms with van der Waals surface area (Å²) >= 11 is 1.51. The van der Waals surface area contributed by atoms with E-state index in [0.29, 0.717) is 24.6 Å². The van der Waals surface area contributed by atoms with Gasteiger partial charge in [0.05, 0.1) is 0 Å². The summed E-state index contributed by atoms with van der Waals surface area (Å²) in [5.41, 5.74) is 0. The number of nitrogens with one attached hydrogen (secondary N) is 2. The van der Waals surface area contributed by atoms with Gasteiger partial charge in [0.1, 0.15) is 12.6 Å². The first-order valence-corrected chi connectivity index (χ1v) is 8.17. The second-order valence-corrected chi connectivity index (χ2v) is 6.16. The average molecular weight is 319 g/mol. The van der Waals surface area contributed by atoms with Gasteiger partial charge in [-0.05, 0) is 24.3 Å². The van der Waals surface area contributed by atoms with Crippen molar-refractivity contribution in [2.45, 2.75) is 26.3 Å². The normalized spacial score (nSPS) is 11.9. The van der Waals surface area contributed by atoms with Crippen LogP contribution >= 0.6 is 11.8 Å². The van der Waals surface area contributed by atoms with E-state index in [2.05, 4.69) is 10.6 Å². The summed E-state index contributed by atoms with van der Waals surface area (Å²) in [5, 5.41) is 14.1. The van der Waals surface area contributed by atoms with E-state index in [4.69, 9.17) is 5.11 Å². The summed E-state index contributed by atoms with van der Waals surface area (Å²) in [5.74, 6) is -0.376. The number of thioether (sulfide) groups is 1. The molecule has 0 bridgehead atoms. The van der Waals surface area contributed by atoms with Crippen molar-refractivity contribution in [3.63, 3.8) is 0 Å². The molecule has 0 rings (SSSR count). The Balaban J connectivity index is 4.29. The minimum Gasteiger partial charge on any atom is -0.480 e. The molecule has 7 nitrogen and oxygen atoms in total. The van der Waals surface area contributed by atoms with Crippen LogP contribution in [0, 0.1) is 5.92 Å². The van der Waals surface area contributed by atoms with Gasteiger partial charge in [-0.25, -0.2) is 9.59 Å². The number of carbonyl (C=O) groups is 3. The van der Waals surface area contributed by atoms with Crippen LogP contribution in [0.4, 0.5) is 4.79 Å². The van der Waals surface area contributed by atoms with Gasteiger partial charge in [0.15, 0.2) is 0 Å². The molecule has 0 saturated heterocycles. The number of carboxylic acid groups (broad SMARTS) is 1. The lowest BCUT2D eigenvalue weighted by molar-refractivity contribution is -0.139. The van der Waals surface area contributed by atoms with E-state index in [1.54, 1.807) is 0 Å². The summed E-state index contributed by atoms with van der Waals surface area (Å²) in [6.45, 7) is 4.38. The van der Waals surface area contributed by atoms with Crippen molar-refractivity contribution in [1.82, 2.24) is 15.5 Å². The van der Waals surface area contributed by atoms with Crippen LogP contribution in [0.1, 0.15) is 20.3 Å². The van der Waals surface area contributed by atoms with E-state index in [0.717, 1.165) is 0 Å². The molecule has 0 spiro atoms. The highest BCUT2D eigenvalue weighted by atomic mass is 32.2. The number of carboxylic acids is 1. The molecule has 0 radical (unpaired) electrons. The highest BCUT2D eigenvalue weighted by molar-refractivity contribution is 7.98. The molecule has 0 unspecified atom stereocenters. The van der Waals surface area contributed by atoms with Gasteiger partial charge in [-0.3, -0.25) is 4.79 Å². The van der Waals surface area contributed by atoms with Crippen molar-refractivity contribution in [2.75, 3.05) is 32.1 Å². The van der Waals surface area contributed by atoms with Crippen LogP contribution in [0.25, 0.3) is 0 Å². The Hall–Kier alpha value is -1.44. The standard InChI is InChI=1S/C13H25N3O4S/c1-9(2)7-14-11(17)8-16(3)13(20)15-10(12(18)19)5-6-21-4/h9-10H,5-8H2,1-4H3,(H,14,17)(H,15,20)(H,18,19)/t10-/m1/s1. The summed E-state index contributed by atoms with van der Waals surface area (Å²) < 4.78 is 0. The minimum absolute atomic E-state index is 0.104. The first kappa shape index (κ1) is 19.6. The zero-order valence-corrected chi connectivity index (χ0v) is 13.8. The Bertz CT molecular complexity index is 363. The number of carbonyl (C=O) groups excluding carboxylic acids is 2. The summed E-state index contributed by atoms with van der Waals surface area (Å²) in [7, 11) is 1.46. The van der Waals surface area contributed by atoms with Crippen molar-refractivity contribution in [2.24, 2.45) is 5.92 Å². The molecule has 0 fully saturated rings. The average Bonchev–Trinajstić information content (AvgIpc) is 2.40. The third kappa shape index (κ3) is 9.17. The molecule has 0 aliphatic rings. The van der Waals surface area contributed by atoms with Gasteiger partial charge in [-0.2, -0.15) is 11.8 Å². The van der Waals surface area contributed by atoms with Gasteiger partial charge in [-0.15, -0.1) is 0 Å². The van der Waals surface area contributed by atoms with Crippen molar-refractivity contribution < 1.29 is 19.5 Å². The Kier molecular flexibility index (Phi) is 9.60. The van der Waals surface area contributed by atoms with Gasteiger partial charge in [0.25, 0.3) is 0 Å². The molecule has 122 valence electrons. The molecule has 21 heavy (non-hydrogen) atoms. The van der Waals surface area contributed by atoms with Gasteiger partial charge in [0, 0.05) is 13.6 Å². The second kappa shape index (κ2) is 10.3. The summed E-state index contributed by atoms with van der Waals surface area (Å²) in [6.07, 6.45) is 2.21. The SMILES string of the molecule is CSCC[C@@H](NC(=O)N(C)CC(=O)NCC(C)C)C(=O)O. The number of aliphatic carboxylic acids is 1. The van der Waals surface area contributed by atoms with Crippen molar-refractivity contribution >= 4 is 29.7 Å². The fourth-order valence-corrected chi connectivity index (χ4v) is 1.88. The van der Waals surface area contributed by atoms with E-state index in [9.17, 15) is 14.4 Å². The molecule has 0 heterocycles. The van der Waals surface area contributed by atoms with E-state index in [1.165, 1.54) is 23.7 Å². The fraction of sp³-hybridized carbons (Fsp3) is 0.769. The predicted octanol–water partition coefficient (Wildman–Crippen LogP) is 0.606. The number of hydrogen-bond acceptors (Lipinski definition) is 4. The monoisotopic (exact) mass is 319 g/mol. The van der Waals surface area contributed by atoms with Crippen molar-refractivity contribution in [1.29, 1.82) is 0 Å². The topological polar surface area (TPSA) is 98.7 Å². The van der Waals surface area contributed by atoms with Crippen LogP contribution in [0.5, 0.6) is 0 Å². The molecule has 3 N–H and O–H groups in total.